The monoisotopic (exact) mass is 783 g/mol. The van der Waals surface area contributed by atoms with Crippen LogP contribution in [0.1, 0.15) is 49.2 Å². The lowest BCUT2D eigenvalue weighted by atomic mass is 9.82. The highest BCUT2D eigenvalue weighted by Gasteiger charge is 2.58. The van der Waals surface area contributed by atoms with Gasteiger partial charge in [0.15, 0.2) is 11.8 Å². The largest absolute Gasteiger partial charge is 0.545 e. The summed E-state index contributed by atoms with van der Waals surface area (Å²) in [7, 11) is 0. The first-order valence-corrected chi connectivity index (χ1v) is 17.4. The van der Waals surface area contributed by atoms with Crippen molar-refractivity contribution in [2.75, 3.05) is 6.26 Å². The number of ether oxygens (including phenoxy) is 3. The number of thioether (sulfide) groups is 1. The molecule has 0 N–H and O–H groups in total. The zero-order chi connectivity index (χ0) is 41.2. The van der Waals surface area contributed by atoms with E-state index < -0.39 is 73.4 Å². The number of nitro benzene ring substituents is 3. The van der Waals surface area contributed by atoms with Gasteiger partial charge < -0.3 is 29.0 Å². The number of carbonyl (C=O) groups excluding carboxylic acids is 5. The third-order valence-electron chi connectivity index (χ3n) is 7.99. The number of nitro groups is 3. The van der Waals surface area contributed by atoms with Gasteiger partial charge in [0, 0.05) is 41.8 Å². The maximum Gasteiger partial charge on any atom is 0.508 e. The fraction of sp³-hybridized carbons (Fsp3) is 0.343. The molecule has 3 aromatic rings. The van der Waals surface area contributed by atoms with Crippen molar-refractivity contribution >= 4 is 58.6 Å². The van der Waals surface area contributed by atoms with Gasteiger partial charge in [-0.15, -0.1) is 11.8 Å². The number of β-lactam (4-membered cyclic amide) rings is 1. The van der Waals surface area contributed by atoms with Crippen LogP contribution in [-0.2, 0) is 41.8 Å². The second kappa shape index (κ2) is 18.5. The first-order valence-electron chi connectivity index (χ1n) is 16.1. The molecule has 0 saturated carbocycles. The van der Waals surface area contributed by atoms with Gasteiger partial charge in [-0.1, -0.05) is 20.8 Å². The van der Waals surface area contributed by atoms with Crippen LogP contribution in [0.15, 0.2) is 72.8 Å². The van der Waals surface area contributed by atoms with E-state index >= 15 is 0 Å². The molecule has 0 radical (unpaired) electrons. The Hall–Kier alpha value is -6.44. The number of amides is 1. The fourth-order valence-corrected chi connectivity index (χ4v) is 6.10. The molecule has 1 saturated heterocycles. The molecule has 4 rings (SSSR count). The Morgan fingerprint density at radius 2 is 1.18 bits per heavy atom. The lowest BCUT2D eigenvalue weighted by Crippen LogP contribution is -2.70. The Bertz CT molecular complexity index is 1900. The molecule has 292 valence electrons. The van der Waals surface area contributed by atoms with Crippen LogP contribution in [0.4, 0.5) is 21.9 Å². The molecule has 0 aliphatic carbocycles. The minimum absolute atomic E-state index is 0.0689. The van der Waals surface area contributed by atoms with Crippen LogP contribution in [-0.4, -0.2) is 73.2 Å². The predicted molar refractivity (Wildman–Crippen MR) is 190 cm³/mol. The van der Waals surface area contributed by atoms with Crippen LogP contribution >= 0.6 is 11.8 Å². The Morgan fingerprint density at radius 1 is 0.764 bits per heavy atom. The second-order valence-electron chi connectivity index (χ2n) is 12.8. The molecule has 3 aromatic carbocycles. The Labute approximate surface area is 317 Å². The van der Waals surface area contributed by atoms with Crippen molar-refractivity contribution in [2.45, 2.75) is 58.4 Å². The van der Waals surface area contributed by atoms with Crippen LogP contribution in [0.5, 0.6) is 0 Å². The molecule has 0 spiro atoms. The smallest absolute Gasteiger partial charge is 0.508 e. The number of benzene rings is 3. The van der Waals surface area contributed by atoms with Gasteiger partial charge >= 0.3 is 12.1 Å². The average Bonchev–Trinajstić information content (AvgIpc) is 3.13. The van der Waals surface area contributed by atoms with Crippen LogP contribution < -0.4 is 5.11 Å². The van der Waals surface area contributed by atoms with E-state index in [4.69, 9.17) is 14.2 Å². The maximum absolute atomic E-state index is 13.4. The molecule has 1 heterocycles. The van der Waals surface area contributed by atoms with Crippen LogP contribution in [0.2, 0.25) is 0 Å². The molecule has 4 unspecified atom stereocenters. The average molecular weight is 784 g/mol. The third-order valence-corrected chi connectivity index (χ3v) is 8.99. The number of ketones is 1. The number of carbonyl (C=O) groups is 5. The maximum atomic E-state index is 13.4. The third kappa shape index (κ3) is 11.3. The van der Waals surface area contributed by atoms with Crippen molar-refractivity contribution in [3.05, 3.63) is 120 Å². The summed E-state index contributed by atoms with van der Waals surface area (Å²) in [6, 6.07) is 13.7. The molecule has 4 atom stereocenters. The van der Waals surface area contributed by atoms with E-state index in [1.807, 2.05) is 0 Å². The molecule has 1 fully saturated rings. The SMILES string of the molecule is CSC1C(C(C)OC(=O)OCc2ccc([N+](=O)[O-])cc2)C(=O)N1C(C(=O)OCc1ccc([N+](=O)[O-])cc1)C(=O)C(C)(C)C.O=C([O-])c1ccc([N+](=O)[O-])cc1. The van der Waals surface area contributed by atoms with Gasteiger partial charge in [-0.25, -0.2) is 9.59 Å². The Balaban J connectivity index is 0.000000574. The van der Waals surface area contributed by atoms with Crippen LogP contribution in [0, 0.1) is 41.7 Å². The van der Waals surface area contributed by atoms with E-state index in [9.17, 15) is 59.4 Å². The van der Waals surface area contributed by atoms with Crippen molar-refractivity contribution in [3.63, 3.8) is 0 Å². The highest BCUT2D eigenvalue weighted by Crippen LogP contribution is 2.40. The quantitative estimate of drug-likeness (QED) is 0.0721. The van der Waals surface area contributed by atoms with E-state index in [1.165, 1.54) is 67.2 Å². The Kier molecular flexibility index (Phi) is 14.5. The van der Waals surface area contributed by atoms with E-state index in [2.05, 4.69) is 0 Å². The summed E-state index contributed by atoms with van der Waals surface area (Å²) in [5, 5.41) is 41.3. The number of non-ortho nitro benzene ring substituents is 3. The topological polar surface area (TPSA) is 269 Å². The summed E-state index contributed by atoms with van der Waals surface area (Å²) in [6.07, 6.45) is -0.369. The number of Topliss-reactive ketones (excluding diaryl/α,β-unsaturated/α-hetero) is 1. The number of nitrogens with zero attached hydrogens (tertiary/aromatic N) is 4. The number of rotatable bonds is 14. The first kappa shape index (κ1) is 43.0. The fourth-order valence-electron chi connectivity index (χ4n) is 5.02. The number of carboxylic acids is 1. The van der Waals surface area contributed by atoms with Crippen LogP contribution in [0.25, 0.3) is 0 Å². The van der Waals surface area contributed by atoms with Crippen molar-refractivity contribution in [2.24, 2.45) is 11.3 Å². The van der Waals surface area contributed by atoms with Gasteiger partial charge in [0.1, 0.15) is 25.2 Å². The van der Waals surface area contributed by atoms with Gasteiger partial charge in [0.25, 0.3) is 17.1 Å². The van der Waals surface area contributed by atoms with E-state index in [0.717, 1.165) is 29.2 Å². The number of hydrogen-bond donors (Lipinski definition) is 0. The van der Waals surface area contributed by atoms with Gasteiger partial charge in [0.05, 0.1) is 26.1 Å². The standard InChI is InChI=1S/C28H31N3O11S.C7H5NO4/c1-16(42-27(35)41-15-18-8-12-20(13-9-18)31(38)39)21-24(33)29(25(21)43-5)22(23(32)28(2,3)4)26(34)40-14-17-6-10-19(11-7-17)30(36)37;9-7(10)5-1-3-6(4-2-5)8(11)12/h6-13,16,21-22,25H,14-15H2,1-5H3;1-4H,(H,9,10)/p-1. The van der Waals surface area contributed by atoms with E-state index in [-0.39, 0.29) is 35.8 Å². The summed E-state index contributed by atoms with van der Waals surface area (Å²) in [5.74, 6) is -4.34. The lowest BCUT2D eigenvalue weighted by molar-refractivity contribution is -0.385. The minimum Gasteiger partial charge on any atom is -0.545 e. The van der Waals surface area contributed by atoms with E-state index in [1.54, 1.807) is 27.0 Å². The molecule has 0 aromatic heterocycles. The normalized spacial score (nSPS) is 15.9. The molecule has 1 aliphatic heterocycles. The minimum atomic E-state index is -1.57. The molecule has 0 bridgehead atoms. The summed E-state index contributed by atoms with van der Waals surface area (Å²) in [6.45, 7) is 5.81. The number of aromatic carboxylic acids is 1. The predicted octanol–water partition coefficient (Wildman–Crippen LogP) is 4.38. The number of hydrogen-bond acceptors (Lipinski definition) is 16. The molecular weight excluding hydrogens is 748 g/mol. The molecule has 55 heavy (non-hydrogen) atoms. The summed E-state index contributed by atoms with van der Waals surface area (Å²) >= 11 is 1.19. The number of carboxylic acid groups (broad SMARTS) is 1. The number of likely N-dealkylation sites (tertiary alicyclic amines) is 1. The summed E-state index contributed by atoms with van der Waals surface area (Å²) in [5.41, 5.74) is -0.546. The number of esters is 1. The zero-order valence-electron chi connectivity index (χ0n) is 30.0. The molecule has 1 amide bonds. The molecule has 19 nitrogen and oxygen atoms in total. The second-order valence-corrected chi connectivity index (χ2v) is 13.8. The summed E-state index contributed by atoms with van der Waals surface area (Å²) in [4.78, 5) is 93.8. The van der Waals surface area contributed by atoms with Gasteiger partial charge in [-0.2, -0.15) is 0 Å². The first-order chi connectivity index (χ1) is 25.8. The Morgan fingerprint density at radius 3 is 1.56 bits per heavy atom. The van der Waals surface area contributed by atoms with E-state index in [0.29, 0.717) is 11.1 Å². The molecular formula is C35H35N4O15S-. The zero-order valence-corrected chi connectivity index (χ0v) is 30.8. The lowest BCUT2D eigenvalue weighted by Gasteiger charge is -2.50. The summed E-state index contributed by atoms with van der Waals surface area (Å²) < 4.78 is 15.8. The highest BCUT2D eigenvalue weighted by atomic mass is 32.2. The van der Waals surface area contributed by atoms with Crippen molar-refractivity contribution in [1.29, 1.82) is 0 Å². The van der Waals surface area contributed by atoms with Crippen molar-refractivity contribution < 1.29 is 58.1 Å². The van der Waals surface area contributed by atoms with Gasteiger partial charge in [0.2, 0.25) is 5.91 Å². The van der Waals surface area contributed by atoms with Crippen molar-refractivity contribution in [3.8, 4) is 0 Å². The van der Waals surface area contributed by atoms with Gasteiger partial charge in [-0.05, 0) is 66.3 Å². The molecule has 20 heteroatoms. The van der Waals surface area contributed by atoms with Crippen molar-refractivity contribution in [1.82, 2.24) is 4.90 Å². The van der Waals surface area contributed by atoms with Gasteiger partial charge in [-0.3, -0.25) is 39.9 Å². The van der Waals surface area contributed by atoms with Crippen LogP contribution in [0.3, 0.4) is 0 Å². The highest BCUT2D eigenvalue weighted by molar-refractivity contribution is 7.99. The molecule has 1 aliphatic rings.